The van der Waals surface area contributed by atoms with Crippen molar-refractivity contribution in [3.63, 3.8) is 0 Å². The summed E-state index contributed by atoms with van der Waals surface area (Å²) in [5.74, 6) is 0. The number of hydrogen-bond acceptors (Lipinski definition) is 3. The van der Waals surface area contributed by atoms with Crippen LogP contribution in [0.25, 0.3) is 0 Å². The lowest BCUT2D eigenvalue weighted by Gasteiger charge is -2.32. The van der Waals surface area contributed by atoms with Crippen molar-refractivity contribution in [2.45, 2.75) is 38.8 Å². The molecule has 0 amide bonds. The van der Waals surface area contributed by atoms with Gasteiger partial charge in [0.1, 0.15) is 0 Å². The number of halogens is 1. The van der Waals surface area contributed by atoms with Crippen LogP contribution in [-0.2, 0) is 4.74 Å². The van der Waals surface area contributed by atoms with Gasteiger partial charge in [0, 0.05) is 30.2 Å². The Balaban J connectivity index is 2.12. The van der Waals surface area contributed by atoms with E-state index in [4.69, 9.17) is 10.5 Å². The smallest absolute Gasteiger partial charge is 0.0703 e. The molecule has 1 aromatic carbocycles. The van der Waals surface area contributed by atoms with Crippen LogP contribution in [0.3, 0.4) is 0 Å². The molecule has 1 heterocycles. The van der Waals surface area contributed by atoms with Crippen molar-refractivity contribution in [2.75, 3.05) is 26.2 Å². The van der Waals surface area contributed by atoms with Gasteiger partial charge in [0.25, 0.3) is 0 Å². The third-order valence-corrected chi connectivity index (χ3v) is 4.97. The van der Waals surface area contributed by atoms with Crippen LogP contribution in [0.15, 0.2) is 22.7 Å². The Bertz CT molecular complexity index is 432. The highest BCUT2D eigenvalue weighted by atomic mass is 79.9. The fourth-order valence-corrected chi connectivity index (χ4v) is 3.24. The van der Waals surface area contributed by atoms with Gasteiger partial charge in [-0.1, -0.05) is 35.0 Å². The molecule has 0 aromatic heterocycles. The summed E-state index contributed by atoms with van der Waals surface area (Å²) in [6, 6.07) is 6.81. The van der Waals surface area contributed by atoms with Gasteiger partial charge in [-0.2, -0.15) is 0 Å². The lowest BCUT2D eigenvalue weighted by molar-refractivity contribution is 0.0601. The topological polar surface area (TPSA) is 38.5 Å². The highest BCUT2D eigenvalue weighted by Crippen LogP contribution is 2.26. The molecule has 2 N–H and O–H groups in total. The van der Waals surface area contributed by atoms with Crippen molar-refractivity contribution in [1.29, 1.82) is 0 Å². The third-order valence-electron chi connectivity index (χ3n) is 4.11. The average Bonchev–Trinajstić information content (AvgIpc) is 2.95. The highest BCUT2D eigenvalue weighted by molar-refractivity contribution is 9.10. The maximum Gasteiger partial charge on any atom is 0.0703 e. The molecule has 0 saturated carbocycles. The van der Waals surface area contributed by atoms with E-state index in [1.54, 1.807) is 0 Å². The second kappa shape index (κ2) is 7.55. The zero-order valence-electron chi connectivity index (χ0n) is 12.4. The minimum Gasteiger partial charge on any atom is -0.377 e. The summed E-state index contributed by atoms with van der Waals surface area (Å²) in [6.45, 7) is 7.81. The first-order valence-corrected chi connectivity index (χ1v) is 8.26. The van der Waals surface area contributed by atoms with Crippen LogP contribution in [0.2, 0.25) is 0 Å². The Morgan fingerprint density at radius 1 is 1.50 bits per heavy atom. The molecule has 2 unspecified atom stereocenters. The number of likely N-dealkylation sites (N-methyl/N-ethyl adjacent to an activating group) is 1. The first-order valence-electron chi connectivity index (χ1n) is 7.47. The number of nitrogens with two attached hydrogens (primary N) is 1. The molecular weight excluding hydrogens is 316 g/mol. The van der Waals surface area contributed by atoms with E-state index >= 15 is 0 Å². The van der Waals surface area contributed by atoms with Crippen molar-refractivity contribution >= 4 is 15.9 Å². The van der Waals surface area contributed by atoms with E-state index in [2.05, 4.69) is 52.9 Å². The third kappa shape index (κ3) is 3.82. The standard InChI is InChI=1S/C16H25BrN2O/c1-3-19(11-14-5-4-8-20-14)16(10-18)13-7-6-12(2)15(17)9-13/h6-7,9,14,16H,3-5,8,10-11,18H2,1-2H3. The van der Waals surface area contributed by atoms with Gasteiger partial charge in [-0.15, -0.1) is 0 Å². The van der Waals surface area contributed by atoms with Crippen LogP contribution in [0, 0.1) is 6.92 Å². The van der Waals surface area contributed by atoms with Crippen LogP contribution in [-0.4, -0.2) is 37.2 Å². The molecule has 20 heavy (non-hydrogen) atoms. The summed E-state index contributed by atoms with van der Waals surface area (Å²) < 4.78 is 6.92. The molecule has 1 saturated heterocycles. The Morgan fingerprint density at radius 2 is 2.30 bits per heavy atom. The summed E-state index contributed by atoms with van der Waals surface area (Å²) in [4.78, 5) is 2.44. The number of ether oxygens (including phenoxy) is 1. The number of rotatable bonds is 6. The van der Waals surface area contributed by atoms with Crippen molar-refractivity contribution in [3.05, 3.63) is 33.8 Å². The number of benzene rings is 1. The molecular formula is C16H25BrN2O. The van der Waals surface area contributed by atoms with Crippen LogP contribution >= 0.6 is 15.9 Å². The summed E-state index contributed by atoms with van der Waals surface area (Å²) in [7, 11) is 0. The summed E-state index contributed by atoms with van der Waals surface area (Å²) in [6.07, 6.45) is 2.73. The molecule has 2 atom stereocenters. The number of hydrogen-bond donors (Lipinski definition) is 1. The fourth-order valence-electron chi connectivity index (χ4n) is 2.84. The largest absolute Gasteiger partial charge is 0.377 e. The van der Waals surface area contributed by atoms with Gasteiger partial charge in [-0.05, 0) is 43.5 Å². The molecule has 1 aliphatic heterocycles. The lowest BCUT2D eigenvalue weighted by Crippen LogP contribution is -2.38. The Hall–Kier alpha value is -0.420. The predicted octanol–water partition coefficient (Wildman–Crippen LogP) is 3.26. The van der Waals surface area contributed by atoms with Crippen LogP contribution in [0.4, 0.5) is 0 Å². The lowest BCUT2D eigenvalue weighted by atomic mass is 10.0. The van der Waals surface area contributed by atoms with Crippen LogP contribution in [0.5, 0.6) is 0 Å². The van der Waals surface area contributed by atoms with E-state index in [1.807, 2.05) is 0 Å². The Morgan fingerprint density at radius 3 is 2.85 bits per heavy atom. The minimum absolute atomic E-state index is 0.265. The zero-order valence-corrected chi connectivity index (χ0v) is 14.0. The monoisotopic (exact) mass is 340 g/mol. The molecule has 2 rings (SSSR count). The van der Waals surface area contributed by atoms with E-state index in [0.29, 0.717) is 12.6 Å². The second-order valence-electron chi connectivity index (χ2n) is 5.48. The minimum atomic E-state index is 0.265. The molecule has 0 radical (unpaired) electrons. The Kier molecular flexibility index (Phi) is 6.02. The summed E-state index contributed by atoms with van der Waals surface area (Å²) in [5.41, 5.74) is 8.58. The van der Waals surface area contributed by atoms with Gasteiger partial charge < -0.3 is 10.5 Å². The molecule has 0 spiro atoms. The average molecular weight is 341 g/mol. The van der Waals surface area contributed by atoms with E-state index in [9.17, 15) is 0 Å². The molecule has 1 fully saturated rings. The summed E-state index contributed by atoms with van der Waals surface area (Å²) in [5, 5.41) is 0. The summed E-state index contributed by atoms with van der Waals surface area (Å²) >= 11 is 3.62. The van der Waals surface area contributed by atoms with Crippen molar-refractivity contribution < 1.29 is 4.74 Å². The predicted molar refractivity (Wildman–Crippen MR) is 86.9 cm³/mol. The zero-order chi connectivity index (χ0) is 14.5. The normalized spacial score (nSPS) is 20.6. The molecule has 4 heteroatoms. The second-order valence-corrected chi connectivity index (χ2v) is 6.34. The SMILES string of the molecule is CCN(CC1CCCO1)C(CN)c1ccc(C)c(Br)c1. The van der Waals surface area contributed by atoms with Gasteiger partial charge in [0.2, 0.25) is 0 Å². The van der Waals surface area contributed by atoms with E-state index in [0.717, 1.165) is 24.2 Å². The van der Waals surface area contributed by atoms with Gasteiger partial charge in [0.05, 0.1) is 6.10 Å². The molecule has 0 aliphatic carbocycles. The molecule has 1 aliphatic rings. The van der Waals surface area contributed by atoms with Crippen molar-refractivity contribution in [2.24, 2.45) is 5.73 Å². The first kappa shape index (κ1) is 16.0. The number of aryl methyl sites for hydroxylation is 1. The molecule has 112 valence electrons. The first-order chi connectivity index (χ1) is 9.65. The van der Waals surface area contributed by atoms with Gasteiger partial charge >= 0.3 is 0 Å². The van der Waals surface area contributed by atoms with Gasteiger partial charge in [0.15, 0.2) is 0 Å². The Labute approximate surface area is 130 Å². The van der Waals surface area contributed by atoms with Crippen LogP contribution in [0.1, 0.15) is 36.9 Å². The van der Waals surface area contributed by atoms with Gasteiger partial charge in [-0.3, -0.25) is 4.90 Å². The molecule has 3 nitrogen and oxygen atoms in total. The van der Waals surface area contributed by atoms with Crippen molar-refractivity contribution in [1.82, 2.24) is 4.90 Å². The fraction of sp³-hybridized carbons (Fsp3) is 0.625. The molecule has 0 bridgehead atoms. The highest BCUT2D eigenvalue weighted by Gasteiger charge is 2.24. The molecule has 1 aromatic rings. The number of nitrogens with zero attached hydrogens (tertiary/aromatic N) is 1. The van der Waals surface area contributed by atoms with E-state index < -0.39 is 0 Å². The van der Waals surface area contributed by atoms with Crippen LogP contribution < -0.4 is 5.73 Å². The quantitative estimate of drug-likeness (QED) is 0.863. The maximum absolute atomic E-state index is 6.05. The maximum atomic E-state index is 6.05. The van der Waals surface area contributed by atoms with Crippen molar-refractivity contribution in [3.8, 4) is 0 Å². The van der Waals surface area contributed by atoms with E-state index in [-0.39, 0.29) is 6.04 Å². The van der Waals surface area contributed by atoms with Gasteiger partial charge in [-0.25, -0.2) is 0 Å². The van der Waals surface area contributed by atoms with E-state index in [1.165, 1.54) is 24.0 Å².